The third-order valence-electron chi connectivity index (χ3n) is 28.9. The lowest BCUT2D eigenvalue weighted by Gasteiger charge is -2.16. The molecule has 0 amide bonds. The topological polar surface area (TPSA) is 213 Å². The Hall–Kier alpha value is -15.7. The largest absolute Gasteiger partial charge is 0.287 e. The average molecular weight is 1960 g/mol. The molecule has 0 saturated heterocycles. The normalized spacial score (nSPS) is 12.1. The molecular formula is C128H139N20+5. The molecule has 1 saturated carbocycles. The van der Waals surface area contributed by atoms with Gasteiger partial charge in [0.25, 0.3) is 31.6 Å². The van der Waals surface area contributed by atoms with E-state index in [1.54, 1.807) is 0 Å². The Kier molecular flexibility index (Phi) is 30.8. The van der Waals surface area contributed by atoms with Crippen LogP contribution >= 0.6 is 0 Å². The van der Waals surface area contributed by atoms with Gasteiger partial charge in [0.1, 0.15) is 57.6 Å². The predicted octanol–water partition coefficient (Wildman–Crippen LogP) is 26.4. The Bertz CT molecular complexity index is 8410. The van der Waals surface area contributed by atoms with Crippen LogP contribution in [-0.2, 0) is 48.1 Å². The lowest BCUT2D eigenvalue weighted by Crippen LogP contribution is -2.32. The summed E-state index contributed by atoms with van der Waals surface area (Å²) in [4.78, 5) is 68.8. The molecule has 1 fully saturated rings. The van der Waals surface area contributed by atoms with Gasteiger partial charge in [-0.25, -0.2) is 72.7 Å². The standard InChI is InChI=1S/C27H29N4.C27H31N4.C26H29N4.C25H27N4.C23H23N4/c1-17-11-18(2)19(3)24(12-17)26-23-10-9-21(13-25(23)30-16-31(26)4)22-14-28-27(29-15-22)20-7-5-6-8-20;1-17-10-18(2)19(3)23(11-17)26-22-9-8-20(12-24(22)30-16-31(26)7)21-14-28-25(29-15-21)13-27(4,5)6;1-16(2)9-25-27-13-21(14-28-25)20-7-8-22-24(12-20)29-15-30(6)26(22)23-11-17(3)10-18(4)19(23)5;1-15(2)25-26-12-20(13-27-25)19-7-8-21-23(11-19)28-14-29(6)24(21)22-10-16(3)9-17(4)18(22)5;1-14-8-15(2)16(3)21(9-14)23-20-7-6-18(10-22(20)26-13-27(23)5)19-11-24-17(4)25-12-19/h9-16,20H,5-8H2,1-4H3;8-12,14-16H,13H2,1-7H3;7-8,10-16H,9H2,1-6H3;7-15H,1-6H3;6-13H,1-5H3/q5*+1. The van der Waals surface area contributed by atoms with Gasteiger partial charge >= 0.3 is 0 Å². The van der Waals surface area contributed by atoms with Crippen molar-refractivity contribution in [3.05, 3.63) is 358 Å². The van der Waals surface area contributed by atoms with Crippen LogP contribution in [0.25, 0.3) is 166 Å². The second-order valence-electron chi connectivity index (χ2n) is 42.9. The number of aryl methyl sites for hydroxylation is 16. The van der Waals surface area contributed by atoms with E-state index in [1.165, 1.54) is 165 Å². The monoisotopic (exact) mass is 1960 g/mol. The van der Waals surface area contributed by atoms with Crippen LogP contribution in [0.5, 0.6) is 0 Å². The molecule has 0 unspecified atom stereocenters. The lowest BCUT2D eigenvalue weighted by atomic mass is 9.92. The Balaban J connectivity index is 0.000000126. The average Bonchev–Trinajstić information content (AvgIpc) is 1.69. The van der Waals surface area contributed by atoms with Gasteiger partial charge in [-0.3, -0.25) is 0 Å². The van der Waals surface area contributed by atoms with E-state index in [0.717, 1.165) is 152 Å². The lowest BCUT2D eigenvalue weighted by molar-refractivity contribution is -0.662. The van der Waals surface area contributed by atoms with Gasteiger partial charge in [0.2, 0.25) is 0 Å². The van der Waals surface area contributed by atoms with Gasteiger partial charge in [0.15, 0.2) is 27.6 Å². The molecule has 21 rings (SSSR count). The number of hydrogen-bond acceptors (Lipinski definition) is 15. The fourth-order valence-corrected chi connectivity index (χ4v) is 20.4. The summed E-state index contributed by atoms with van der Waals surface area (Å²) in [6, 6.07) is 54.8. The van der Waals surface area contributed by atoms with Gasteiger partial charge in [0.05, 0.1) is 62.2 Å². The first kappa shape index (κ1) is 104. The summed E-state index contributed by atoms with van der Waals surface area (Å²) in [5.41, 5.74) is 47.3. The number of fused-ring (bicyclic) bond motifs is 5. The first-order chi connectivity index (χ1) is 70.7. The molecule has 0 atom stereocenters. The van der Waals surface area contributed by atoms with Gasteiger partial charge in [0, 0.05) is 142 Å². The summed E-state index contributed by atoms with van der Waals surface area (Å²) in [5.74, 6) is 5.83. The predicted molar refractivity (Wildman–Crippen MR) is 600 cm³/mol. The van der Waals surface area contributed by atoms with E-state index in [4.69, 9.17) is 29.9 Å². The van der Waals surface area contributed by atoms with E-state index in [9.17, 15) is 0 Å². The minimum atomic E-state index is 0.173. The molecule has 0 aliphatic heterocycles. The van der Waals surface area contributed by atoms with Gasteiger partial charge in [-0.2, -0.15) is 0 Å². The number of aromatic nitrogens is 20. The Labute approximate surface area is 872 Å². The molecule has 0 radical (unpaired) electrons. The van der Waals surface area contributed by atoms with Crippen LogP contribution < -0.4 is 22.8 Å². The van der Waals surface area contributed by atoms with Crippen LogP contribution in [0.1, 0.15) is 199 Å². The molecule has 746 valence electrons. The molecule has 10 aromatic carbocycles. The summed E-state index contributed by atoms with van der Waals surface area (Å²) < 4.78 is 10.6. The molecule has 10 aromatic heterocycles. The van der Waals surface area contributed by atoms with E-state index < -0.39 is 0 Å². The Morgan fingerprint density at radius 2 is 0.507 bits per heavy atom. The second-order valence-corrected chi connectivity index (χ2v) is 42.9. The number of rotatable bonds is 15. The van der Waals surface area contributed by atoms with Gasteiger partial charge in [-0.05, 0) is 334 Å². The SMILES string of the molecule is Cc1cc(C)c(C)c(-c2c3ccc(-c4cnc(C(C)C)nc4)cc3nc[n+]2C)c1.Cc1cc(C)c(C)c(-c2c3ccc(-c4cnc(C)nc4)cc3nc[n+]2C)c1.Cc1cc(C)c(C)c(-c2c3ccc(-c4cnc(C5CCCC5)nc4)cc3nc[n+]2C)c1.Cc1cc(C)c(C)c(-c2c3ccc(-c4cnc(CC(C)(C)C)nc4)cc3nc[n+]2C)c1.Cc1cc(C)c(C)c(-c2c3ccc(-c4cnc(CC(C)C)nc4)cc3nc[n+]2C)c1. The van der Waals surface area contributed by atoms with E-state index >= 15 is 0 Å². The maximum atomic E-state index is 4.73. The van der Waals surface area contributed by atoms with Crippen molar-refractivity contribution in [1.29, 1.82) is 0 Å². The van der Waals surface area contributed by atoms with Crippen LogP contribution in [0.2, 0.25) is 0 Å². The minimum Gasteiger partial charge on any atom is -0.241 e. The third-order valence-corrected chi connectivity index (χ3v) is 28.9. The molecule has 0 bridgehead atoms. The van der Waals surface area contributed by atoms with E-state index in [2.05, 4.69) is 407 Å². The highest BCUT2D eigenvalue weighted by atomic mass is 15.0. The summed E-state index contributed by atoms with van der Waals surface area (Å²) >= 11 is 0. The summed E-state index contributed by atoms with van der Waals surface area (Å²) in [5, 5.41) is 5.74. The zero-order valence-electron chi connectivity index (χ0n) is 91.5. The number of hydrogen-bond donors (Lipinski definition) is 0. The maximum absolute atomic E-state index is 4.73. The smallest absolute Gasteiger partial charge is 0.241 e. The highest BCUT2D eigenvalue weighted by Crippen LogP contribution is 2.41. The van der Waals surface area contributed by atoms with Crippen LogP contribution in [0.15, 0.2) is 245 Å². The molecule has 148 heavy (non-hydrogen) atoms. The fourth-order valence-electron chi connectivity index (χ4n) is 20.4. The first-order valence-corrected chi connectivity index (χ1v) is 51.6. The van der Waals surface area contributed by atoms with E-state index in [0.29, 0.717) is 17.8 Å². The molecule has 1 aliphatic carbocycles. The molecular weight excluding hydrogens is 1820 g/mol. The first-order valence-electron chi connectivity index (χ1n) is 51.6. The van der Waals surface area contributed by atoms with Gasteiger partial charge in [-0.1, -0.05) is 150 Å². The van der Waals surface area contributed by atoms with Crippen LogP contribution in [0, 0.1) is 122 Å². The van der Waals surface area contributed by atoms with Crippen molar-refractivity contribution in [2.75, 3.05) is 0 Å². The third kappa shape index (κ3) is 22.9. The minimum absolute atomic E-state index is 0.173. The molecule has 20 heteroatoms. The summed E-state index contributed by atoms with van der Waals surface area (Å²) in [7, 11) is 10.3. The fraction of sp³-hybridized carbons (Fsp3) is 0.297. The van der Waals surface area contributed by atoms with Crippen molar-refractivity contribution < 1.29 is 22.8 Å². The van der Waals surface area contributed by atoms with Crippen LogP contribution in [-0.4, -0.2) is 74.8 Å². The Morgan fingerprint density at radius 3 is 0.750 bits per heavy atom. The molecule has 0 spiro atoms. The van der Waals surface area contributed by atoms with Gasteiger partial charge < -0.3 is 0 Å². The number of benzene rings is 10. The maximum Gasteiger partial charge on any atom is 0.287 e. The van der Waals surface area contributed by atoms with Crippen LogP contribution in [0.4, 0.5) is 0 Å². The number of nitrogens with zero attached hydrogens (tertiary/aromatic N) is 20. The highest BCUT2D eigenvalue weighted by molar-refractivity contribution is 5.99. The van der Waals surface area contributed by atoms with Crippen LogP contribution in [0.3, 0.4) is 0 Å². The zero-order chi connectivity index (χ0) is 105. The van der Waals surface area contributed by atoms with E-state index in [1.807, 2.05) is 101 Å². The molecule has 20 nitrogen and oxygen atoms in total. The molecule has 10 heterocycles. The van der Waals surface area contributed by atoms with E-state index in [-0.39, 0.29) is 5.41 Å². The molecule has 20 aromatic rings. The van der Waals surface area contributed by atoms with Crippen molar-refractivity contribution in [2.45, 2.75) is 210 Å². The zero-order valence-corrected chi connectivity index (χ0v) is 91.5. The Morgan fingerprint density at radius 1 is 0.270 bits per heavy atom. The van der Waals surface area contributed by atoms with Gasteiger partial charge in [-0.15, -0.1) is 0 Å². The quantitative estimate of drug-likeness (QED) is 0.0873. The van der Waals surface area contributed by atoms with Crippen molar-refractivity contribution in [1.82, 2.24) is 74.8 Å². The van der Waals surface area contributed by atoms with Crippen molar-refractivity contribution in [3.8, 4) is 112 Å². The van der Waals surface area contributed by atoms with Crippen molar-refractivity contribution in [3.63, 3.8) is 0 Å². The van der Waals surface area contributed by atoms with Crippen molar-refractivity contribution in [2.24, 2.45) is 46.6 Å². The van der Waals surface area contributed by atoms with Crippen molar-refractivity contribution >= 4 is 54.5 Å². The summed E-state index contributed by atoms with van der Waals surface area (Å²) in [6.07, 6.45) is 35.5. The molecule has 1 aliphatic rings. The highest BCUT2D eigenvalue weighted by Gasteiger charge is 2.28. The second kappa shape index (κ2) is 43.9. The summed E-state index contributed by atoms with van der Waals surface area (Å²) in [6.45, 7) is 49.7. The molecule has 0 N–H and O–H groups in total.